The first-order valence-corrected chi connectivity index (χ1v) is 8.62. The van der Waals surface area contributed by atoms with E-state index in [0.29, 0.717) is 29.0 Å². The second-order valence-electron chi connectivity index (χ2n) is 5.63. The fourth-order valence-electron chi connectivity index (χ4n) is 2.48. The van der Waals surface area contributed by atoms with Crippen LogP contribution >= 0.6 is 23.2 Å². The van der Waals surface area contributed by atoms with Gasteiger partial charge in [-0.05, 0) is 48.4 Å². The Labute approximate surface area is 156 Å². The van der Waals surface area contributed by atoms with Crippen molar-refractivity contribution in [3.63, 3.8) is 0 Å². The molecule has 6 heteroatoms. The van der Waals surface area contributed by atoms with Gasteiger partial charge < -0.3 is 14.8 Å². The van der Waals surface area contributed by atoms with Gasteiger partial charge in [-0.25, -0.2) is 0 Å². The molecule has 0 spiro atoms. The monoisotopic (exact) mass is 377 g/mol. The number of benzene rings is 2. The number of ether oxygens (including phenoxy) is 2. The Balaban J connectivity index is 1.65. The van der Waals surface area contributed by atoms with E-state index in [-0.39, 0.29) is 11.9 Å². The number of halogens is 2. The zero-order chi connectivity index (χ0) is 17.8. The SMILES string of the molecule is C[C@@H](NC(=O)/C=C/c1ccc(Cl)cc1Cl)c1ccc2c(c1)OCCO2. The lowest BCUT2D eigenvalue weighted by atomic mass is 10.1. The maximum Gasteiger partial charge on any atom is 0.244 e. The molecule has 1 aliphatic heterocycles. The van der Waals surface area contributed by atoms with Gasteiger partial charge in [-0.2, -0.15) is 0 Å². The van der Waals surface area contributed by atoms with Crippen LogP contribution in [0.15, 0.2) is 42.5 Å². The van der Waals surface area contributed by atoms with Gasteiger partial charge in [0, 0.05) is 16.1 Å². The summed E-state index contributed by atoms with van der Waals surface area (Å²) in [7, 11) is 0. The molecule has 1 aliphatic rings. The predicted molar refractivity (Wildman–Crippen MR) is 99.5 cm³/mol. The van der Waals surface area contributed by atoms with Crippen LogP contribution in [0.2, 0.25) is 10.0 Å². The summed E-state index contributed by atoms with van der Waals surface area (Å²) in [5.41, 5.74) is 1.67. The molecule has 2 aromatic carbocycles. The molecule has 4 nitrogen and oxygen atoms in total. The fraction of sp³-hybridized carbons (Fsp3) is 0.211. The molecule has 2 aromatic rings. The van der Waals surface area contributed by atoms with Gasteiger partial charge in [0.25, 0.3) is 0 Å². The highest BCUT2D eigenvalue weighted by Crippen LogP contribution is 2.32. The van der Waals surface area contributed by atoms with Crippen LogP contribution < -0.4 is 14.8 Å². The molecular formula is C19H17Cl2NO3. The summed E-state index contributed by atoms with van der Waals surface area (Å²) in [5, 5.41) is 3.96. The number of rotatable bonds is 4. The summed E-state index contributed by atoms with van der Waals surface area (Å²) in [6, 6.07) is 10.6. The van der Waals surface area contributed by atoms with Crippen LogP contribution in [0.1, 0.15) is 24.1 Å². The molecule has 0 fully saturated rings. The molecule has 3 rings (SSSR count). The zero-order valence-corrected chi connectivity index (χ0v) is 15.1. The summed E-state index contributed by atoms with van der Waals surface area (Å²) in [6.45, 7) is 2.99. The first-order valence-electron chi connectivity index (χ1n) is 7.86. The Morgan fingerprint density at radius 1 is 1.12 bits per heavy atom. The third kappa shape index (κ3) is 4.47. The Bertz CT molecular complexity index is 820. The predicted octanol–water partition coefficient (Wildman–Crippen LogP) is 4.66. The van der Waals surface area contributed by atoms with E-state index in [0.717, 1.165) is 16.9 Å². The molecule has 0 aliphatic carbocycles. The summed E-state index contributed by atoms with van der Waals surface area (Å²) in [5.74, 6) is 1.22. The minimum atomic E-state index is -0.214. The van der Waals surface area contributed by atoms with Crippen LogP contribution in [0, 0.1) is 0 Å². The molecule has 1 heterocycles. The van der Waals surface area contributed by atoms with Gasteiger partial charge in [-0.1, -0.05) is 35.3 Å². The van der Waals surface area contributed by atoms with Crippen LogP contribution in [0.4, 0.5) is 0 Å². The van der Waals surface area contributed by atoms with Crippen molar-refractivity contribution in [1.82, 2.24) is 5.32 Å². The van der Waals surface area contributed by atoms with E-state index in [1.807, 2.05) is 25.1 Å². The zero-order valence-electron chi connectivity index (χ0n) is 13.6. The van der Waals surface area contributed by atoms with E-state index in [4.69, 9.17) is 32.7 Å². The molecule has 0 aromatic heterocycles. The molecular weight excluding hydrogens is 361 g/mol. The molecule has 130 valence electrons. The van der Waals surface area contributed by atoms with Crippen molar-refractivity contribution in [1.29, 1.82) is 0 Å². The molecule has 1 amide bonds. The summed E-state index contributed by atoms with van der Waals surface area (Å²) in [4.78, 5) is 12.1. The van der Waals surface area contributed by atoms with Crippen molar-refractivity contribution < 1.29 is 14.3 Å². The quantitative estimate of drug-likeness (QED) is 0.788. The van der Waals surface area contributed by atoms with Gasteiger partial charge in [0.15, 0.2) is 11.5 Å². The summed E-state index contributed by atoms with van der Waals surface area (Å²) < 4.78 is 11.1. The lowest BCUT2D eigenvalue weighted by molar-refractivity contribution is -0.117. The maximum atomic E-state index is 12.1. The van der Waals surface area contributed by atoms with E-state index < -0.39 is 0 Å². The molecule has 1 atom stereocenters. The largest absolute Gasteiger partial charge is 0.486 e. The smallest absolute Gasteiger partial charge is 0.244 e. The molecule has 0 radical (unpaired) electrons. The third-order valence-corrected chi connectivity index (χ3v) is 4.36. The average molecular weight is 378 g/mol. The van der Waals surface area contributed by atoms with Crippen molar-refractivity contribution in [3.8, 4) is 11.5 Å². The van der Waals surface area contributed by atoms with Crippen molar-refractivity contribution in [2.75, 3.05) is 13.2 Å². The molecule has 1 N–H and O–H groups in total. The number of carbonyl (C=O) groups is 1. The van der Waals surface area contributed by atoms with Gasteiger partial charge >= 0.3 is 0 Å². The highest BCUT2D eigenvalue weighted by Gasteiger charge is 2.15. The van der Waals surface area contributed by atoms with Gasteiger partial charge in [-0.3, -0.25) is 4.79 Å². The highest BCUT2D eigenvalue weighted by molar-refractivity contribution is 6.35. The van der Waals surface area contributed by atoms with Crippen LogP contribution in [0.5, 0.6) is 11.5 Å². The number of hydrogen-bond donors (Lipinski definition) is 1. The van der Waals surface area contributed by atoms with Gasteiger partial charge in [-0.15, -0.1) is 0 Å². The minimum Gasteiger partial charge on any atom is -0.486 e. The molecule has 0 saturated heterocycles. The molecule has 25 heavy (non-hydrogen) atoms. The van der Waals surface area contributed by atoms with E-state index in [1.54, 1.807) is 24.3 Å². The third-order valence-electron chi connectivity index (χ3n) is 3.80. The Kier molecular flexibility index (Phi) is 5.51. The van der Waals surface area contributed by atoms with E-state index in [2.05, 4.69) is 5.32 Å². The number of amides is 1. The summed E-state index contributed by atoms with van der Waals surface area (Å²) >= 11 is 11.9. The van der Waals surface area contributed by atoms with Crippen molar-refractivity contribution in [2.24, 2.45) is 0 Å². The van der Waals surface area contributed by atoms with E-state index in [9.17, 15) is 4.79 Å². The minimum absolute atomic E-state index is 0.173. The number of nitrogens with one attached hydrogen (secondary N) is 1. The van der Waals surface area contributed by atoms with Crippen LogP contribution in [0.25, 0.3) is 6.08 Å². The average Bonchev–Trinajstić information content (AvgIpc) is 2.60. The van der Waals surface area contributed by atoms with Crippen molar-refractivity contribution >= 4 is 35.2 Å². The fourth-order valence-corrected chi connectivity index (χ4v) is 2.95. The van der Waals surface area contributed by atoms with Crippen LogP contribution in [-0.2, 0) is 4.79 Å². The molecule has 0 bridgehead atoms. The van der Waals surface area contributed by atoms with Crippen molar-refractivity contribution in [3.05, 3.63) is 63.6 Å². The Hall–Kier alpha value is -2.17. The van der Waals surface area contributed by atoms with E-state index >= 15 is 0 Å². The first kappa shape index (κ1) is 17.6. The lowest BCUT2D eigenvalue weighted by Gasteiger charge is -2.20. The van der Waals surface area contributed by atoms with Gasteiger partial charge in [0.1, 0.15) is 13.2 Å². The van der Waals surface area contributed by atoms with Gasteiger partial charge in [0.2, 0.25) is 5.91 Å². The normalized spacial score (nSPS) is 14.4. The standard InChI is InChI=1S/C19H17Cl2NO3/c1-12(14-3-6-17-18(10-14)25-9-8-24-17)22-19(23)7-4-13-2-5-15(20)11-16(13)21/h2-7,10-12H,8-9H2,1H3,(H,22,23)/b7-4+/t12-/m1/s1. The first-order chi connectivity index (χ1) is 12.0. The second kappa shape index (κ2) is 7.81. The van der Waals surface area contributed by atoms with Crippen molar-refractivity contribution in [2.45, 2.75) is 13.0 Å². The maximum absolute atomic E-state index is 12.1. The second-order valence-corrected chi connectivity index (χ2v) is 6.48. The topological polar surface area (TPSA) is 47.6 Å². The number of hydrogen-bond acceptors (Lipinski definition) is 3. The number of fused-ring (bicyclic) bond motifs is 1. The number of carbonyl (C=O) groups excluding carboxylic acids is 1. The molecule has 0 unspecified atom stereocenters. The lowest BCUT2D eigenvalue weighted by Crippen LogP contribution is -2.25. The highest BCUT2D eigenvalue weighted by atomic mass is 35.5. The Morgan fingerprint density at radius 3 is 2.64 bits per heavy atom. The molecule has 0 saturated carbocycles. The van der Waals surface area contributed by atoms with Crippen LogP contribution in [0.3, 0.4) is 0 Å². The van der Waals surface area contributed by atoms with Crippen LogP contribution in [-0.4, -0.2) is 19.1 Å². The Morgan fingerprint density at radius 2 is 1.88 bits per heavy atom. The van der Waals surface area contributed by atoms with Gasteiger partial charge in [0.05, 0.1) is 6.04 Å². The van der Waals surface area contributed by atoms with E-state index in [1.165, 1.54) is 6.08 Å². The summed E-state index contributed by atoms with van der Waals surface area (Å²) in [6.07, 6.45) is 3.11.